The molecule has 1 nitrogen and oxygen atoms in total. The molecule has 0 N–H and O–H groups in total. The Labute approximate surface area is 170 Å². The van der Waals surface area contributed by atoms with E-state index in [0.717, 1.165) is 31.3 Å². The van der Waals surface area contributed by atoms with Crippen molar-refractivity contribution in [3.8, 4) is 23.5 Å². The Hall–Kier alpha value is -2.30. The van der Waals surface area contributed by atoms with Gasteiger partial charge in [-0.25, -0.2) is 0 Å². The molecule has 1 heteroatoms. The van der Waals surface area contributed by atoms with Gasteiger partial charge in [0.05, 0.1) is 6.61 Å². The molecule has 0 radical (unpaired) electrons. The van der Waals surface area contributed by atoms with Crippen LogP contribution in [0.4, 0.5) is 0 Å². The van der Waals surface area contributed by atoms with Crippen LogP contribution >= 0.6 is 0 Å². The van der Waals surface area contributed by atoms with Crippen LogP contribution in [0.1, 0.15) is 62.5 Å². The molecule has 0 atom stereocenters. The first kappa shape index (κ1) is 20.4. The Morgan fingerprint density at radius 2 is 1.61 bits per heavy atom. The Bertz CT molecular complexity index is 769. The first-order valence-corrected chi connectivity index (χ1v) is 10.6. The first-order chi connectivity index (χ1) is 13.8. The molecule has 1 aliphatic rings. The van der Waals surface area contributed by atoms with Gasteiger partial charge in [-0.1, -0.05) is 60.7 Å². The van der Waals surface area contributed by atoms with Crippen LogP contribution in [0.2, 0.25) is 0 Å². The lowest BCUT2D eigenvalue weighted by molar-refractivity contribution is 0.119. The second-order valence-corrected chi connectivity index (χ2v) is 7.82. The third-order valence-electron chi connectivity index (χ3n) is 5.78. The van der Waals surface area contributed by atoms with Crippen molar-refractivity contribution in [2.75, 3.05) is 6.61 Å². The SMILES string of the molecule is C#CCCCOCc1ccc(-c2ccc(C3CCC(/C=C/C)CC3)cc2)cc1. The second-order valence-electron chi connectivity index (χ2n) is 7.82. The molecule has 28 heavy (non-hydrogen) atoms. The number of ether oxygens (including phenoxy) is 1. The number of allylic oxidation sites excluding steroid dienone is 2. The summed E-state index contributed by atoms with van der Waals surface area (Å²) in [6.45, 7) is 3.51. The fourth-order valence-electron chi connectivity index (χ4n) is 4.12. The molecular weight excluding hydrogens is 340 g/mol. The standard InChI is InChI=1S/C27H32O/c1-3-5-6-20-28-21-23-10-14-25(15-11-23)27-18-16-26(17-19-27)24-12-8-22(7-4-2)9-13-24/h1,4,7,10-11,14-19,22,24H,5-6,8-9,12-13,20-21H2,2H3/b7-4+. The number of hydrogen-bond acceptors (Lipinski definition) is 1. The number of hydrogen-bond donors (Lipinski definition) is 0. The van der Waals surface area contributed by atoms with Gasteiger partial charge in [-0.2, -0.15) is 0 Å². The molecule has 0 amide bonds. The van der Waals surface area contributed by atoms with E-state index in [4.69, 9.17) is 11.2 Å². The van der Waals surface area contributed by atoms with Crippen molar-refractivity contribution in [3.05, 3.63) is 71.8 Å². The number of terminal acetylenes is 1. The highest BCUT2D eigenvalue weighted by molar-refractivity contribution is 5.64. The van der Waals surface area contributed by atoms with E-state index < -0.39 is 0 Å². The lowest BCUT2D eigenvalue weighted by Crippen LogP contribution is -2.11. The van der Waals surface area contributed by atoms with E-state index >= 15 is 0 Å². The largest absolute Gasteiger partial charge is 0.377 e. The summed E-state index contributed by atoms with van der Waals surface area (Å²) in [5.74, 6) is 4.16. The highest BCUT2D eigenvalue weighted by atomic mass is 16.5. The maximum atomic E-state index is 5.67. The van der Waals surface area contributed by atoms with Crippen LogP contribution in [-0.2, 0) is 11.3 Å². The van der Waals surface area contributed by atoms with Gasteiger partial charge >= 0.3 is 0 Å². The van der Waals surface area contributed by atoms with Crippen molar-refractivity contribution in [1.82, 2.24) is 0 Å². The summed E-state index contributed by atoms with van der Waals surface area (Å²) in [7, 11) is 0. The van der Waals surface area contributed by atoms with Crippen molar-refractivity contribution >= 4 is 0 Å². The van der Waals surface area contributed by atoms with E-state index in [1.54, 1.807) is 0 Å². The van der Waals surface area contributed by atoms with E-state index in [-0.39, 0.29) is 0 Å². The maximum absolute atomic E-state index is 5.67. The minimum atomic E-state index is 0.652. The van der Waals surface area contributed by atoms with E-state index in [1.807, 2.05) is 0 Å². The molecular formula is C27H32O. The number of unbranched alkanes of at least 4 members (excludes halogenated alkanes) is 1. The molecule has 1 saturated carbocycles. The van der Waals surface area contributed by atoms with Crippen LogP contribution in [0.3, 0.4) is 0 Å². The van der Waals surface area contributed by atoms with Gasteiger partial charge in [0.25, 0.3) is 0 Å². The molecule has 0 spiro atoms. The molecule has 0 saturated heterocycles. The zero-order valence-electron chi connectivity index (χ0n) is 17.1. The molecule has 0 aromatic heterocycles. The summed E-state index contributed by atoms with van der Waals surface area (Å²) < 4.78 is 5.67. The third kappa shape index (κ3) is 5.85. The zero-order chi connectivity index (χ0) is 19.6. The summed E-state index contributed by atoms with van der Waals surface area (Å²) in [6, 6.07) is 17.9. The van der Waals surface area contributed by atoms with Crippen molar-refractivity contribution in [3.63, 3.8) is 0 Å². The summed E-state index contributed by atoms with van der Waals surface area (Å²) in [4.78, 5) is 0. The Morgan fingerprint density at radius 3 is 2.21 bits per heavy atom. The van der Waals surface area contributed by atoms with E-state index in [9.17, 15) is 0 Å². The molecule has 1 fully saturated rings. The summed E-state index contributed by atoms with van der Waals surface area (Å²) in [5.41, 5.74) is 5.26. The van der Waals surface area contributed by atoms with E-state index in [2.05, 4.69) is 73.5 Å². The molecule has 0 unspecified atom stereocenters. The molecule has 2 aromatic carbocycles. The van der Waals surface area contributed by atoms with Crippen LogP contribution in [-0.4, -0.2) is 6.61 Å². The van der Waals surface area contributed by atoms with Crippen LogP contribution in [0.5, 0.6) is 0 Å². The topological polar surface area (TPSA) is 9.23 Å². The van der Waals surface area contributed by atoms with Crippen LogP contribution in [0, 0.1) is 18.3 Å². The molecule has 1 aliphatic carbocycles. The highest BCUT2D eigenvalue weighted by Crippen LogP contribution is 2.36. The summed E-state index contributed by atoms with van der Waals surface area (Å²) in [5, 5.41) is 0. The quantitative estimate of drug-likeness (QED) is 0.272. The van der Waals surface area contributed by atoms with Crippen LogP contribution in [0.25, 0.3) is 11.1 Å². The van der Waals surface area contributed by atoms with Crippen LogP contribution < -0.4 is 0 Å². The lowest BCUT2D eigenvalue weighted by Gasteiger charge is -2.27. The first-order valence-electron chi connectivity index (χ1n) is 10.6. The van der Waals surface area contributed by atoms with Gasteiger partial charge in [0.15, 0.2) is 0 Å². The van der Waals surface area contributed by atoms with Gasteiger partial charge in [0, 0.05) is 13.0 Å². The minimum Gasteiger partial charge on any atom is -0.377 e. The molecule has 3 rings (SSSR count). The average Bonchev–Trinajstić information content (AvgIpc) is 2.75. The molecule has 2 aromatic rings. The smallest absolute Gasteiger partial charge is 0.0716 e. The molecule has 0 aliphatic heterocycles. The monoisotopic (exact) mass is 372 g/mol. The van der Waals surface area contributed by atoms with Gasteiger partial charge in [-0.05, 0) is 73.1 Å². The lowest BCUT2D eigenvalue weighted by atomic mass is 9.78. The van der Waals surface area contributed by atoms with Gasteiger partial charge in [-0.15, -0.1) is 12.3 Å². The van der Waals surface area contributed by atoms with E-state index in [0.29, 0.717) is 6.61 Å². The minimum absolute atomic E-state index is 0.652. The molecule has 0 heterocycles. The van der Waals surface area contributed by atoms with Crippen molar-refractivity contribution in [1.29, 1.82) is 0 Å². The maximum Gasteiger partial charge on any atom is 0.0716 e. The predicted octanol–water partition coefficient (Wildman–Crippen LogP) is 7.13. The zero-order valence-corrected chi connectivity index (χ0v) is 17.1. The predicted molar refractivity (Wildman–Crippen MR) is 119 cm³/mol. The van der Waals surface area contributed by atoms with Gasteiger partial charge < -0.3 is 4.74 Å². The Balaban J connectivity index is 1.53. The molecule has 146 valence electrons. The fourth-order valence-corrected chi connectivity index (χ4v) is 4.12. The molecule has 0 bridgehead atoms. The number of benzene rings is 2. The third-order valence-corrected chi connectivity index (χ3v) is 5.78. The number of rotatable bonds is 8. The summed E-state index contributed by atoms with van der Waals surface area (Å²) in [6.07, 6.45) is 16.8. The normalized spacial score (nSPS) is 19.6. The van der Waals surface area contributed by atoms with Gasteiger partial charge in [0.2, 0.25) is 0 Å². The van der Waals surface area contributed by atoms with Crippen molar-refractivity contribution < 1.29 is 4.74 Å². The van der Waals surface area contributed by atoms with Gasteiger partial charge in [0.1, 0.15) is 0 Å². The average molecular weight is 373 g/mol. The van der Waals surface area contributed by atoms with Gasteiger partial charge in [-0.3, -0.25) is 0 Å². The second kappa shape index (κ2) is 10.9. The fraction of sp³-hybridized carbons (Fsp3) is 0.407. The summed E-state index contributed by atoms with van der Waals surface area (Å²) >= 11 is 0. The Kier molecular flexibility index (Phi) is 7.94. The van der Waals surface area contributed by atoms with Crippen molar-refractivity contribution in [2.24, 2.45) is 5.92 Å². The highest BCUT2D eigenvalue weighted by Gasteiger charge is 2.20. The van der Waals surface area contributed by atoms with Crippen LogP contribution in [0.15, 0.2) is 60.7 Å². The van der Waals surface area contributed by atoms with Crippen molar-refractivity contribution in [2.45, 2.75) is 58.0 Å². The Morgan fingerprint density at radius 1 is 0.964 bits per heavy atom. The van der Waals surface area contributed by atoms with E-state index in [1.165, 1.54) is 47.9 Å².